The van der Waals surface area contributed by atoms with Gasteiger partial charge in [0.15, 0.2) is 11.5 Å². The van der Waals surface area contributed by atoms with E-state index < -0.39 is 0 Å². The lowest BCUT2D eigenvalue weighted by Crippen LogP contribution is -2.15. The van der Waals surface area contributed by atoms with E-state index in [1.807, 2.05) is 66.1 Å². The van der Waals surface area contributed by atoms with Crippen molar-refractivity contribution in [1.82, 2.24) is 9.38 Å². The summed E-state index contributed by atoms with van der Waals surface area (Å²) in [5.74, 6) is 2.22. The lowest BCUT2D eigenvalue weighted by molar-refractivity contribution is 0.171. The highest BCUT2D eigenvalue weighted by molar-refractivity contribution is 6.39. The average Bonchev–Trinajstić information content (AvgIpc) is 3.05. The van der Waals surface area contributed by atoms with Gasteiger partial charge >= 0.3 is 0 Å². The Balaban J connectivity index is 1.68. The van der Waals surface area contributed by atoms with Crippen LogP contribution < -0.4 is 14.8 Å². The van der Waals surface area contributed by atoms with Gasteiger partial charge < -0.3 is 14.8 Å². The molecule has 0 atom stereocenters. The first-order valence-corrected chi connectivity index (χ1v) is 9.95. The third-order valence-electron chi connectivity index (χ3n) is 4.79. The van der Waals surface area contributed by atoms with Gasteiger partial charge in [0.1, 0.15) is 30.4 Å². The first-order chi connectivity index (χ1) is 14.1. The number of aromatic nitrogens is 2. The normalized spacial score (nSPS) is 12.9. The van der Waals surface area contributed by atoms with E-state index in [4.69, 9.17) is 37.7 Å². The van der Waals surface area contributed by atoms with E-state index in [0.717, 1.165) is 28.5 Å². The number of fused-ring (bicyclic) bond motifs is 2. The maximum atomic E-state index is 6.49. The van der Waals surface area contributed by atoms with Crippen molar-refractivity contribution in [3.8, 4) is 22.8 Å². The molecular formula is C22H17Cl2N3O2. The number of halogens is 2. The molecule has 1 aliphatic heterocycles. The van der Waals surface area contributed by atoms with Crippen LogP contribution in [0.2, 0.25) is 10.0 Å². The molecule has 0 bridgehead atoms. The Morgan fingerprint density at radius 2 is 1.72 bits per heavy atom. The summed E-state index contributed by atoms with van der Waals surface area (Å²) in [5.41, 5.74) is 4.14. The zero-order valence-electron chi connectivity index (χ0n) is 15.6. The Morgan fingerprint density at radius 1 is 0.966 bits per heavy atom. The largest absolute Gasteiger partial charge is 0.486 e. The number of benzene rings is 2. The van der Waals surface area contributed by atoms with E-state index in [0.29, 0.717) is 40.3 Å². The molecule has 0 radical (unpaired) electrons. The van der Waals surface area contributed by atoms with Crippen molar-refractivity contribution in [3.63, 3.8) is 0 Å². The molecule has 146 valence electrons. The highest BCUT2D eigenvalue weighted by Crippen LogP contribution is 2.40. The van der Waals surface area contributed by atoms with Crippen molar-refractivity contribution in [1.29, 1.82) is 0 Å². The van der Waals surface area contributed by atoms with E-state index >= 15 is 0 Å². The number of nitrogens with zero attached hydrogens (tertiary/aromatic N) is 2. The monoisotopic (exact) mass is 425 g/mol. The highest BCUT2D eigenvalue weighted by Gasteiger charge is 2.20. The van der Waals surface area contributed by atoms with Crippen LogP contribution in [0.15, 0.2) is 54.7 Å². The Labute approximate surface area is 177 Å². The molecular weight excluding hydrogens is 409 g/mol. The summed E-state index contributed by atoms with van der Waals surface area (Å²) in [5, 5.41) is 4.55. The molecule has 0 spiro atoms. The zero-order chi connectivity index (χ0) is 20.0. The van der Waals surface area contributed by atoms with Crippen LogP contribution in [0.4, 0.5) is 11.5 Å². The van der Waals surface area contributed by atoms with Crippen molar-refractivity contribution >= 4 is 40.4 Å². The molecule has 29 heavy (non-hydrogen) atoms. The van der Waals surface area contributed by atoms with Crippen molar-refractivity contribution < 1.29 is 9.47 Å². The zero-order valence-corrected chi connectivity index (χ0v) is 17.1. The minimum Gasteiger partial charge on any atom is -0.486 e. The van der Waals surface area contributed by atoms with Gasteiger partial charge in [-0.2, -0.15) is 0 Å². The molecule has 0 fully saturated rings. The van der Waals surface area contributed by atoms with Gasteiger partial charge in [-0.1, -0.05) is 29.3 Å². The average molecular weight is 426 g/mol. The fourth-order valence-corrected chi connectivity index (χ4v) is 4.00. The van der Waals surface area contributed by atoms with Crippen LogP contribution in [-0.4, -0.2) is 22.6 Å². The molecule has 0 unspecified atom stereocenters. The topological polar surface area (TPSA) is 47.8 Å². The summed E-state index contributed by atoms with van der Waals surface area (Å²) in [6.07, 6.45) is 1.98. The maximum absolute atomic E-state index is 6.49. The van der Waals surface area contributed by atoms with Crippen LogP contribution in [-0.2, 0) is 0 Å². The second kappa shape index (κ2) is 7.17. The number of pyridine rings is 1. The lowest BCUT2D eigenvalue weighted by Gasteiger charge is -2.19. The molecule has 5 nitrogen and oxygen atoms in total. The van der Waals surface area contributed by atoms with Crippen molar-refractivity contribution in [2.75, 3.05) is 18.5 Å². The van der Waals surface area contributed by atoms with Crippen molar-refractivity contribution in [2.24, 2.45) is 0 Å². The number of anilines is 2. The molecule has 3 heterocycles. The Bertz CT molecular complexity index is 1220. The predicted molar refractivity (Wildman–Crippen MR) is 116 cm³/mol. The van der Waals surface area contributed by atoms with Gasteiger partial charge in [-0.05, 0) is 48.9 Å². The summed E-state index contributed by atoms with van der Waals surface area (Å²) in [7, 11) is 0. The third-order valence-corrected chi connectivity index (χ3v) is 5.42. The number of nitrogens with one attached hydrogen (secondary N) is 1. The summed E-state index contributed by atoms with van der Waals surface area (Å²) in [6, 6.07) is 15.2. The Kier molecular flexibility index (Phi) is 4.49. The van der Waals surface area contributed by atoms with Crippen molar-refractivity contribution in [2.45, 2.75) is 6.92 Å². The van der Waals surface area contributed by atoms with Gasteiger partial charge in [0.05, 0.1) is 10.0 Å². The Morgan fingerprint density at radius 3 is 2.52 bits per heavy atom. The molecule has 0 aliphatic carbocycles. The van der Waals surface area contributed by atoms with Gasteiger partial charge in [-0.3, -0.25) is 4.40 Å². The summed E-state index contributed by atoms with van der Waals surface area (Å²) in [4.78, 5) is 4.82. The SMILES string of the molecule is Cc1ccn2c(Nc3ccc4c(c3)OCCO4)c(-c3c(Cl)cccc3Cl)nc2c1. The van der Waals surface area contributed by atoms with Gasteiger partial charge in [-0.25, -0.2) is 4.98 Å². The van der Waals surface area contributed by atoms with Crippen LogP contribution in [0.5, 0.6) is 11.5 Å². The lowest BCUT2D eigenvalue weighted by atomic mass is 10.1. The minimum absolute atomic E-state index is 0.534. The van der Waals surface area contributed by atoms with Crippen LogP contribution in [0.1, 0.15) is 5.56 Å². The molecule has 0 saturated carbocycles. The summed E-state index contributed by atoms with van der Waals surface area (Å²) >= 11 is 13.0. The molecule has 7 heteroatoms. The number of hydrogen-bond acceptors (Lipinski definition) is 4. The van der Waals surface area contributed by atoms with Crippen LogP contribution in [0, 0.1) is 6.92 Å². The number of imidazole rings is 1. The molecule has 1 aliphatic rings. The minimum atomic E-state index is 0.534. The molecule has 0 amide bonds. The summed E-state index contributed by atoms with van der Waals surface area (Å²) < 4.78 is 13.3. The fraction of sp³-hybridized carbons (Fsp3) is 0.136. The molecule has 2 aromatic heterocycles. The van der Waals surface area contributed by atoms with Gasteiger partial charge in [0.2, 0.25) is 0 Å². The standard InChI is InChI=1S/C22H17Cl2N3O2/c1-13-7-8-27-19(11-13)26-21(20-15(23)3-2-4-16(20)24)22(27)25-14-5-6-17-18(12-14)29-10-9-28-17/h2-8,11-12,25H,9-10H2,1H3. The van der Waals surface area contributed by atoms with Crippen molar-refractivity contribution in [3.05, 3.63) is 70.3 Å². The maximum Gasteiger partial charge on any atom is 0.163 e. The molecule has 1 N–H and O–H groups in total. The first kappa shape index (κ1) is 18.2. The third kappa shape index (κ3) is 3.26. The van der Waals surface area contributed by atoms with Crippen LogP contribution in [0.3, 0.4) is 0 Å². The van der Waals surface area contributed by atoms with Crippen LogP contribution in [0.25, 0.3) is 16.9 Å². The second-order valence-electron chi connectivity index (χ2n) is 6.82. The van der Waals surface area contributed by atoms with Gasteiger partial charge in [0, 0.05) is 23.5 Å². The molecule has 4 aromatic rings. The van der Waals surface area contributed by atoms with Gasteiger partial charge in [0.25, 0.3) is 0 Å². The number of rotatable bonds is 3. The van der Waals surface area contributed by atoms with E-state index in [1.54, 1.807) is 0 Å². The Hall–Kier alpha value is -2.89. The van der Waals surface area contributed by atoms with E-state index in [-0.39, 0.29) is 0 Å². The molecule has 5 rings (SSSR count). The van der Waals surface area contributed by atoms with E-state index in [2.05, 4.69) is 5.32 Å². The summed E-state index contributed by atoms with van der Waals surface area (Å²) in [6.45, 7) is 3.12. The van der Waals surface area contributed by atoms with E-state index in [9.17, 15) is 0 Å². The predicted octanol–water partition coefficient (Wildman–Crippen LogP) is 6.13. The molecule has 2 aromatic carbocycles. The number of ether oxygens (including phenoxy) is 2. The second-order valence-corrected chi connectivity index (χ2v) is 7.64. The van der Waals surface area contributed by atoms with Crippen LogP contribution >= 0.6 is 23.2 Å². The smallest absolute Gasteiger partial charge is 0.163 e. The number of aryl methyl sites for hydroxylation is 1. The number of hydrogen-bond donors (Lipinski definition) is 1. The van der Waals surface area contributed by atoms with E-state index in [1.165, 1.54) is 0 Å². The quantitative estimate of drug-likeness (QED) is 0.428. The first-order valence-electron chi connectivity index (χ1n) is 9.20. The van der Waals surface area contributed by atoms with Gasteiger partial charge in [-0.15, -0.1) is 0 Å². The fourth-order valence-electron chi connectivity index (χ4n) is 3.42. The highest BCUT2D eigenvalue weighted by atomic mass is 35.5. The molecule has 0 saturated heterocycles.